The molecule has 0 bridgehead atoms. The number of fused-ring (bicyclic) bond motifs is 1. The van der Waals surface area contributed by atoms with Gasteiger partial charge in [0.1, 0.15) is 46.4 Å². The lowest BCUT2D eigenvalue weighted by Crippen LogP contribution is -2.36. The summed E-state index contributed by atoms with van der Waals surface area (Å²) in [6.07, 6.45) is 6.06. The Kier molecular flexibility index (Phi) is 17.5. The highest BCUT2D eigenvalue weighted by molar-refractivity contribution is 7.95. The maximum Gasteiger partial charge on any atom is 0.341 e. The van der Waals surface area contributed by atoms with Crippen molar-refractivity contribution in [3.8, 4) is 11.5 Å². The van der Waals surface area contributed by atoms with E-state index < -0.39 is 27.5 Å². The van der Waals surface area contributed by atoms with Gasteiger partial charge in [-0.25, -0.2) is 42.5 Å². The van der Waals surface area contributed by atoms with Crippen LogP contribution in [0.2, 0.25) is 0 Å². The Hall–Kier alpha value is -6.34. The molecule has 0 fully saturated rings. The van der Waals surface area contributed by atoms with E-state index in [1.807, 2.05) is 0 Å². The van der Waals surface area contributed by atoms with Crippen LogP contribution in [0.15, 0.2) is 138 Å². The number of phenolic OH excluding ortho intramolecular Hbond substituents is 1. The number of hydrogen-bond donors (Lipinski definition) is 6. The molecule has 67 heavy (non-hydrogen) atoms. The minimum absolute atomic E-state index is 0.000307. The highest BCUT2D eigenvalue weighted by Gasteiger charge is 2.22. The number of rotatable bonds is 23. The first-order chi connectivity index (χ1) is 32.2. The molecule has 0 saturated heterocycles. The lowest BCUT2D eigenvalue weighted by Gasteiger charge is -2.12. The molecule has 6 rings (SSSR count). The smallest absolute Gasteiger partial charge is 0.341 e. The van der Waals surface area contributed by atoms with Crippen LogP contribution in [0, 0.1) is 6.92 Å². The van der Waals surface area contributed by atoms with Crippen LogP contribution in [0.4, 0.5) is 28.4 Å². The molecule has 2 heterocycles. The molecule has 27 heteroatoms. The Morgan fingerprint density at radius 3 is 2.10 bits per heavy atom. The zero-order chi connectivity index (χ0) is 48.1. The van der Waals surface area contributed by atoms with Crippen LogP contribution >= 0.6 is 36.1 Å². The van der Waals surface area contributed by atoms with Crippen LogP contribution in [-0.2, 0) is 50.9 Å². The number of ether oxygens (including phenoxy) is 1. The summed E-state index contributed by atoms with van der Waals surface area (Å²) >= 11 is 1.79. The number of aryl methyl sites for hydroxylation is 2. The van der Waals surface area contributed by atoms with Gasteiger partial charge < -0.3 is 25.8 Å². The maximum absolute atomic E-state index is 13.3. The van der Waals surface area contributed by atoms with Crippen LogP contribution in [-0.4, -0.2) is 65.7 Å². The van der Waals surface area contributed by atoms with E-state index in [9.17, 15) is 28.2 Å². The minimum Gasteiger partial charge on any atom is -0.505 e. The largest absolute Gasteiger partial charge is 0.505 e. The second kappa shape index (κ2) is 23.4. The third-order valence-corrected chi connectivity index (χ3v) is 13.0. The number of methoxy groups -OCH3 is 1. The van der Waals surface area contributed by atoms with Crippen molar-refractivity contribution in [1.82, 2.24) is 0 Å². The predicted octanol–water partition coefficient (Wildman–Crippen LogP) is 8.23. The van der Waals surface area contributed by atoms with Crippen LogP contribution in [0.3, 0.4) is 0 Å². The van der Waals surface area contributed by atoms with Crippen LogP contribution in [0.5, 0.6) is 11.5 Å². The molecule has 0 atom stereocenters. The summed E-state index contributed by atoms with van der Waals surface area (Å²) in [7, 11) is -2.52. The van der Waals surface area contributed by atoms with Gasteiger partial charge in [0.05, 0.1) is 69.2 Å². The van der Waals surface area contributed by atoms with Crippen molar-refractivity contribution in [3.05, 3.63) is 114 Å². The second-order valence-electron chi connectivity index (χ2n) is 13.5. The van der Waals surface area contributed by atoms with Crippen LogP contribution in [0.1, 0.15) is 26.3 Å². The summed E-state index contributed by atoms with van der Waals surface area (Å²) in [6.45, 7) is 2.21. The summed E-state index contributed by atoms with van der Waals surface area (Å²) in [5.41, 5.74) is 7.48. The summed E-state index contributed by atoms with van der Waals surface area (Å²) in [4.78, 5) is 28.3. The number of nitrogen functional groups attached to an aromatic ring is 1. The number of aromatic hydroxyl groups is 1. The topological polar surface area (TPSA) is 317 Å². The van der Waals surface area contributed by atoms with Crippen molar-refractivity contribution < 1.29 is 85.7 Å². The Bertz CT molecular complexity index is 2950. The summed E-state index contributed by atoms with van der Waals surface area (Å²) in [5, 5.41) is 73.0. The lowest BCUT2D eigenvalue weighted by atomic mass is 10.1. The lowest BCUT2D eigenvalue weighted by molar-refractivity contribution is -0.700. The molecule has 350 valence electrons. The van der Waals surface area contributed by atoms with Gasteiger partial charge in [-0.15, -0.1) is 29.1 Å². The predicted molar refractivity (Wildman–Crippen MR) is 236 cm³/mol. The zero-order valence-electron chi connectivity index (χ0n) is 34.7. The molecule has 7 N–H and O–H groups in total. The van der Waals surface area contributed by atoms with Gasteiger partial charge >= 0.3 is 11.9 Å². The minimum atomic E-state index is -3.94. The van der Waals surface area contributed by atoms with Gasteiger partial charge in [-0.05, 0) is 67.1 Å². The molecular formula is C40H37N7O16S4+2. The number of anilines is 1. The molecule has 0 unspecified atom stereocenters. The number of aromatic nitrogens is 2. The fraction of sp³-hybridized carbons (Fsp3) is 0.150. The quantitative estimate of drug-likeness (QED) is 0.00669. The van der Waals surface area contributed by atoms with E-state index in [0.717, 1.165) is 12.0 Å². The van der Waals surface area contributed by atoms with E-state index >= 15 is 0 Å². The number of aromatic carboxylic acids is 2. The van der Waals surface area contributed by atoms with E-state index in [0.29, 0.717) is 41.1 Å². The molecule has 4 aromatic carbocycles. The summed E-state index contributed by atoms with van der Waals surface area (Å²) < 4.78 is 50.0. The van der Waals surface area contributed by atoms with Gasteiger partial charge in [-0.3, -0.25) is 0 Å². The van der Waals surface area contributed by atoms with E-state index in [4.69, 9.17) is 39.6 Å². The fourth-order valence-electron chi connectivity index (χ4n) is 5.94. The molecule has 0 spiro atoms. The normalized spacial score (nSPS) is 11.8. The van der Waals surface area contributed by atoms with E-state index in [1.165, 1.54) is 84.9 Å². The third kappa shape index (κ3) is 13.0. The first-order valence-electron chi connectivity index (χ1n) is 18.9. The van der Waals surface area contributed by atoms with Crippen molar-refractivity contribution >= 4 is 97.1 Å². The van der Waals surface area contributed by atoms with Gasteiger partial charge in [0.25, 0.3) is 0 Å². The highest BCUT2D eigenvalue weighted by atomic mass is 32.2. The number of nitrogens with two attached hydrogens (primary N) is 1. The van der Waals surface area contributed by atoms with Gasteiger partial charge in [-0.2, -0.15) is 4.33 Å². The number of phenols is 1. The second-order valence-corrected chi connectivity index (χ2v) is 17.8. The van der Waals surface area contributed by atoms with Crippen molar-refractivity contribution in [3.63, 3.8) is 0 Å². The average molecular weight is 1000 g/mol. The Morgan fingerprint density at radius 1 is 0.716 bits per heavy atom. The zero-order valence-corrected chi connectivity index (χ0v) is 38.0. The molecule has 0 saturated carbocycles. The van der Waals surface area contributed by atoms with Gasteiger partial charge in [-0.1, -0.05) is 10.1 Å². The maximum atomic E-state index is 13.3. The number of azo groups is 2. The van der Waals surface area contributed by atoms with Crippen molar-refractivity contribution in [2.75, 3.05) is 25.2 Å². The van der Waals surface area contributed by atoms with Crippen LogP contribution < -0.4 is 19.6 Å². The first kappa shape index (κ1) is 50.1. The first-order valence-corrected chi connectivity index (χ1v) is 22.8. The molecule has 0 aliphatic carbocycles. The number of hydrogen-bond acceptors (Lipinski definition) is 22. The Morgan fingerprint density at radius 2 is 1.40 bits per heavy atom. The molecule has 0 aliphatic heterocycles. The van der Waals surface area contributed by atoms with Gasteiger partial charge in [0.15, 0.2) is 53.5 Å². The van der Waals surface area contributed by atoms with Gasteiger partial charge in [0, 0.05) is 33.9 Å². The van der Waals surface area contributed by atoms with Crippen molar-refractivity contribution in [2.45, 2.75) is 39.6 Å². The monoisotopic (exact) mass is 999 g/mol. The SMILES string of the molecule is COc1cc(SOOCC[n+]2cccc(C(=O)O)c2)c(C)cc1N=Nc1c(SOOO)cc2c(N=Nc3ccc(S(=O)(=O)CC[n+]4ccc(C(=O)O)cc4)cc3SOOO)c(N)ccc2c1O. The number of carboxylic acids is 2. The number of pyridine rings is 2. The van der Waals surface area contributed by atoms with Crippen LogP contribution in [0.25, 0.3) is 10.8 Å². The molecule has 2 aromatic heterocycles. The number of benzene rings is 4. The Balaban J connectivity index is 1.23. The summed E-state index contributed by atoms with van der Waals surface area (Å²) in [5.74, 6) is -2.69. The number of nitrogens with zero attached hydrogens (tertiary/aromatic N) is 6. The fourth-order valence-corrected chi connectivity index (χ4v) is 8.77. The molecule has 6 aromatic rings. The van der Waals surface area contributed by atoms with E-state index in [2.05, 4.69) is 34.9 Å². The Labute approximate surface area is 392 Å². The van der Waals surface area contributed by atoms with Crippen molar-refractivity contribution in [1.29, 1.82) is 0 Å². The molecular weight excluding hydrogens is 963 g/mol. The molecule has 0 amide bonds. The van der Waals surface area contributed by atoms with E-state index in [-0.39, 0.29) is 89.7 Å². The highest BCUT2D eigenvalue weighted by Crippen LogP contribution is 2.48. The number of carboxylic acid groups (broad SMARTS) is 2. The molecule has 0 aliphatic rings. The van der Waals surface area contributed by atoms with Crippen molar-refractivity contribution in [2.24, 2.45) is 20.5 Å². The summed E-state index contributed by atoms with van der Waals surface area (Å²) in [6, 6.07) is 17.3. The van der Waals surface area contributed by atoms with Gasteiger partial charge in [0.2, 0.25) is 0 Å². The third-order valence-electron chi connectivity index (χ3n) is 9.29. The standard InChI is InChI=1S/C40H35N7O16S4/c1-23-18-31(32(57-2)21-33(23)64-61-58-16-14-47-11-3-4-25(22-47)40(51)52)43-45-37-35(66-63-60-54)20-28-27(38(37)48)6-7-29(41)36(28)44-42-30-8-5-26(19-34(30)65-62-59-53)67(55,56)17-15-46-12-9-24(10-13-46)39(49)50/h3-13,18-22H,14-17H2,1-2H3,(H5-2,41,42,43,48,49,50,51,52,53,54)/p+2. The number of carbonyl (C=O) groups is 2. The van der Waals surface area contributed by atoms with E-state index in [1.54, 1.807) is 35.9 Å². The average Bonchev–Trinajstić information content (AvgIpc) is 3.32. The molecule has 0 radical (unpaired) electrons. The number of sulfone groups is 1. The molecule has 23 nitrogen and oxygen atoms in total.